The van der Waals surface area contributed by atoms with Crippen LogP contribution in [0.2, 0.25) is 0 Å². The van der Waals surface area contributed by atoms with Crippen molar-refractivity contribution < 1.29 is 103 Å². The molecule has 1 rings (SSSR count). The minimum absolute atomic E-state index is 0. The second-order valence-corrected chi connectivity index (χ2v) is 3.20. The van der Waals surface area contributed by atoms with E-state index in [2.05, 4.69) is 37.1 Å². The molecule has 40 valence electrons. The third kappa shape index (κ3) is 6.94. The molecule has 0 atom stereocenters. The first-order valence-corrected chi connectivity index (χ1v) is 3.10. The van der Waals surface area contributed by atoms with Crippen LogP contribution in [0.3, 0.4) is 0 Å². The Bertz CT molecular complexity index is 108. The van der Waals surface area contributed by atoms with Crippen molar-refractivity contribution in [3.8, 4) is 0 Å². The molecule has 1 aliphatic heterocycles. The van der Waals surface area contributed by atoms with Gasteiger partial charge in [-0.1, -0.05) is 11.9 Å². The molecule has 0 aromatic carbocycles. The standard InChI is InChI=1S/C2H2N2S3.2K/c5-2-1-3-4(6)7-2;;/h5-6H;;/q-2;2*+1. The molecule has 0 radical (unpaired) electrons. The van der Waals surface area contributed by atoms with Crippen LogP contribution in [0.5, 0.6) is 0 Å². The van der Waals surface area contributed by atoms with Gasteiger partial charge in [0.2, 0.25) is 0 Å². The fraction of sp³-hybridized carbons (Fsp3) is 0. The summed E-state index contributed by atoms with van der Waals surface area (Å²) in [6, 6.07) is 0. The first kappa shape index (κ1) is 15.3. The molecule has 2 nitrogen and oxygen atoms in total. The van der Waals surface area contributed by atoms with Crippen molar-refractivity contribution in [2.24, 2.45) is 0 Å². The summed E-state index contributed by atoms with van der Waals surface area (Å²) >= 11 is 9.11. The smallest absolute Gasteiger partial charge is 0.797 e. The molecule has 0 saturated carbocycles. The molecule has 0 N–H and O–H groups in total. The van der Waals surface area contributed by atoms with E-state index in [9.17, 15) is 0 Å². The third-order valence-corrected chi connectivity index (χ3v) is 1.59. The Morgan fingerprint density at radius 1 is 1.56 bits per heavy atom. The van der Waals surface area contributed by atoms with Gasteiger partial charge in [-0.15, -0.1) is 12.8 Å². The molecule has 1 aliphatic rings. The second kappa shape index (κ2) is 8.42. The Kier molecular flexibility index (Phi) is 14.3. The minimum atomic E-state index is 0. The predicted octanol–water partition coefficient (Wildman–Crippen LogP) is -4.38. The summed E-state index contributed by atoms with van der Waals surface area (Å²) in [5.74, 6) is 0. The van der Waals surface area contributed by atoms with Crippen LogP contribution in [-0.4, -0.2) is 3.82 Å². The Balaban J connectivity index is 0. The monoisotopic (exact) mass is 228 g/mol. The normalized spacial score (nSPS) is 16.9. The van der Waals surface area contributed by atoms with E-state index in [0.717, 1.165) is 4.24 Å². The summed E-state index contributed by atoms with van der Waals surface area (Å²) in [6.45, 7) is 0. The van der Waals surface area contributed by atoms with Crippen molar-refractivity contribution in [2.45, 2.75) is 0 Å². The van der Waals surface area contributed by atoms with E-state index in [4.69, 9.17) is 0 Å². The molecule has 0 unspecified atom stereocenters. The van der Waals surface area contributed by atoms with Crippen molar-refractivity contribution in [3.05, 3.63) is 15.9 Å². The molecule has 0 fully saturated rings. The van der Waals surface area contributed by atoms with E-state index < -0.39 is 0 Å². The maximum Gasteiger partial charge on any atom is 1.00 e. The third-order valence-electron chi connectivity index (χ3n) is 0.399. The van der Waals surface area contributed by atoms with Crippen LogP contribution in [0, 0.1) is 6.20 Å². The van der Waals surface area contributed by atoms with Crippen LogP contribution in [-0.2, 0) is 0 Å². The topological polar surface area (TPSA) is 17.3 Å². The van der Waals surface area contributed by atoms with Crippen molar-refractivity contribution >= 4 is 37.4 Å². The molecule has 0 aromatic rings. The number of nitrogens with zero attached hydrogens (tertiary/aromatic N) is 2. The van der Waals surface area contributed by atoms with Gasteiger partial charge in [0, 0.05) is 0 Å². The fourth-order valence-electron chi connectivity index (χ4n) is 0.204. The maximum atomic E-state index is 3.94. The molecule has 9 heavy (non-hydrogen) atoms. The summed E-state index contributed by atoms with van der Waals surface area (Å²) in [6.07, 6.45) is 2.59. The Morgan fingerprint density at radius 3 is 2.22 bits per heavy atom. The van der Waals surface area contributed by atoms with Gasteiger partial charge in [-0.2, -0.15) is 16.9 Å². The van der Waals surface area contributed by atoms with E-state index in [0.29, 0.717) is 0 Å². The van der Waals surface area contributed by atoms with Crippen molar-refractivity contribution in [1.29, 1.82) is 0 Å². The largest absolute Gasteiger partial charge is 1.00 e. The molecule has 7 heteroatoms. The summed E-state index contributed by atoms with van der Waals surface area (Å²) in [4.78, 5) is 0. The number of thiol groups is 2. The van der Waals surface area contributed by atoms with E-state index in [1.165, 1.54) is 15.8 Å². The van der Waals surface area contributed by atoms with Crippen LogP contribution in [0.1, 0.15) is 0 Å². The molecule has 0 saturated heterocycles. The van der Waals surface area contributed by atoms with Crippen LogP contribution < -0.4 is 103 Å². The predicted molar refractivity (Wildman–Crippen MR) is 37.5 cm³/mol. The van der Waals surface area contributed by atoms with Crippen molar-refractivity contribution in [3.63, 3.8) is 0 Å². The van der Waals surface area contributed by atoms with E-state index in [1.807, 2.05) is 0 Å². The zero-order chi connectivity index (χ0) is 5.28. The average Bonchev–Trinajstić information content (AvgIpc) is 1.87. The quantitative estimate of drug-likeness (QED) is 0.189. The molecule has 0 aromatic heterocycles. The molecule has 0 bridgehead atoms. The minimum Gasteiger partial charge on any atom is -0.797 e. The van der Waals surface area contributed by atoms with Crippen LogP contribution in [0.15, 0.2) is 4.24 Å². The molecule has 0 aliphatic carbocycles. The first-order valence-electron chi connectivity index (χ1n) is 1.48. The van der Waals surface area contributed by atoms with Crippen molar-refractivity contribution in [2.75, 3.05) is 0 Å². The second-order valence-electron chi connectivity index (χ2n) is 0.861. The maximum absolute atomic E-state index is 3.94. The molecular weight excluding hydrogens is 226 g/mol. The van der Waals surface area contributed by atoms with E-state index >= 15 is 0 Å². The first-order chi connectivity index (χ1) is 3.29. The van der Waals surface area contributed by atoms with Crippen molar-refractivity contribution in [1.82, 2.24) is 3.82 Å². The van der Waals surface area contributed by atoms with E-state index in [1.54, 1.807) is 0 Å². The zero-order valence-corrected chi connectivity index (χ0v) is 14.0. The van der Waals surface area contributed by atoms with Gasteiger partial charge < -0.3 is 15.4 Å². The fourth-order valence-corrected chi connectivity index (χ4v) is 1.28. The van der Waals surface area contributed by atoms with Gasteiger partial charge in [0.25, 0.3) is 0 Å². The Labute approximate surface area is 155 Å². The van der Waals surface area contributed by atoms with Crippen LogP contribution >= 0.6 is 37.4 Å². The summed E-state index contributed by atoms with van der Waals surface area (Å²) in [7, 11) is 0. The van der Waals surface area contributed by atoms with Gasteiger partial charge in [-0.05, 0) is 0 Å². The Hall–Kier alpha value is 3.82. The van der Waals surface area contributed by atoms with Gasteiger partial charge in [0.1, 0.15) is 0 Å². The van der Waals surface area contributed by atoms with Crippen LogP contribution in [0.4, 0.5) is 0 Å². The molecule has 0 spiro atoms. The number of hydrogen-bond donors (Lipinski definition) is 2. The summed E-state index contributed by atoms with van der Waals surface area (Å²) < 4.78 is 2.14. The number of rotatable bonds is 0. The molecular formula is C2H2K2N2S3. The van der Waals surface area contributed by atoms with Crippen LogP contribution in [0.25, 0.3) is 5.43 Å². The zero-order valence-electron chi connectivity index (χ0n) is 5.20. The summed E-state index contributed by atoms with van der Waals surface area (Å²) in [5, 5.41) is 0. The van der Waals surface area contributed by atoms with Gasteiger partial charge in [-0.25, -0.2) is 0 Å². The molecule has 0 amide bonds. The van der Waals surface area contributed by atoms with Gasteiger partial charge in [0.05, 0.1) is 0 Å². The summed E-state index contributed by atoms with van der Waals surface area (Å²) in [5.41, 5.74) is 3.61. The van der Waals surface area contributed by atoms with Gasteiger partial charge in [-0.3, -0.25) is 0 Å². The van der Waals surface area contributed by atoms with E-state index in [-0.39, 0.29) is 103 Å². The molecule has 1 heterocycles. The average molecular weight is 228 g/mol. The van der Waals surface area contributed by atoms with Gasteiger partial charge >= 0.3 is 103 Å². The SMILES string of the molecule is SC1=[C-][N-]N(S)S1.[K+].[K+]. The number of hydrogen-bond acceptors (Lipinski definition) is 4. The Morgan fingerprint density at radius 2 is 2.11 bits per heavy atom. The van der Waals surface area contributed by atoms with Gasteiger partial charge in [0.15, 0.2) is 0 Å².